The first kappa shape index (κ1) is 15.2. The predicted octanol–water partition coefficient (Wildman–Crippen LogP) is 0.838. The Morgan fingerprint density at radius 2 is 2.00 bits per heavy atom. The van der Waals surface area contributed by atoms with Crippen molar-refractivity contribution in [1.82, 2.24) is 10.6 Å². The third kappa shape index (κ3) is 9.73. The van der Waals surface area contributed by atoms with E-state index < -0.39 is 5.60 Å². The van der Waals surface area contributed by atoms with Gasteiger partial charge in [-0.3, -0.25) is 0 Å². The molecule has 0 heterocycles. The standard InChI is InChI=1S/C11H25N3O2/c1-9(8-12)13-6-5-7-14-10(15)16-11(2,3)4/h9,13H,5-8,12H2,1-4H3,(H,14,15). The van der Waals surface area contributed by atoms with Crippen LogP contribution >= 0.6 is 0 Å². The van der Waals surface area contributed by atoms with Crippen LogP contribution in [0.5, 0.6) is 0 Å². The average Bonchev–Trinajstić information content (AvgIpc) is 2.14. The van der Waals surface area contributed by atoms with Gasteiger partial charge in [0.05, 0.1) is 0 Å². The highest BCUT2D eigenvalue weighted by Gasteiger charge is 2.15. The molecule has 0 saturated carbocycles. The highest BCUT2D eigenvalue weighted by atomic mass is 16.6. The molecule has 0 rings (SSSR count). The smallest absolute Gasteiger partial charge is 0.407 e. The zero-order valence-corrected chi connectivity index (χ0v) is 10.8. The van der Waals surface area contributed by atoms with Gasteiger partial charge < -0.3 is 21.1 Å². The van der Waals surface area contributed by atoms with Gasteiger partial charge in [-0.15, -0.1) is 0 Å². The van der Waals surface area contributed by atoms with E-state index in [4.69, 9.17) is 10.5 Å². The molecule has 0 fully saturated rings. The fourth-order valence-electron chi connectivity index (χ4n) is 1.02. The van der Waals surface area contributed by atoms with E-state index >= 15 is 0 Å². The molecule has 96 valence electrons. The predicted molar refractivity (Wildman–Crippen MR) is 65.4 cm³/mol. The molecule has 0 aliphatic rings. The molecule has 0 aromatic carbocycles. The van der Waals surface area contributed by atoms with Crippen molar-refractivity contribution in [1.29, 1.82) is 0 Å². The van der Waals surface area contributed by atoms with Crippen LogP contribution < -0.4 is 16.4 Å². The van der Waals surface area contributed by atoms with Gasteiger partial charge in [-0.05, 0) is 40.7 Å². The van der Waals surface area contributed by atoms with Crippen molar-refractivity contribution in [2.45, 2.75) is 45.8 Å². The van der Waals surface area contributed by atoms with Crippen LogP contribution in [0.15, 0.2) is 0 Å². The van der Waals surface area contributed by atoms with E-state index in [9.17, 15) is 4.79 Å². The van der Waals surface area contributed by atoms with E-state index in [1.165, 1.54) is 0 Å². The molecule has 1 atom stereocenters. The third-order valence-corrected chi connectivity index (χ3v) is 1.87. The second kappa shape index (κ2) is 7.46. The number of nitrogens with one attached hydrogen (secondary N) is 2. The fraction of sp³-hybridized carbons (Fsp3) is 0.909. The monoisotopic (exact) mass is 231 g/mol. The lowest BCUT2D eigenvalue weighted by atomic mass is 10.2. The van der Waals surface area contributed by atoms with Crippen LogP contribution in [0, 0.1) is 0 Å². The molecule has 0 saturated heterocycles. The number of hydrogen-bond acceptors (Lipinski definition) is 4. The van der Waals surface area contributed by atoms with Crippen molar-refractivity contribution in [3.8, 4) is 0 Å². The molecule has 0 aliphatic heterocycles. The Bertz CT molecular complexity index is 202. The Morgan fingerprint density at radius 3 is 2.50 bits per heavy atom. The molecule has 0 bridgehead atoms. The molecule has 0 spiro atoms. The molecule has 16 heavy (non-hydrogen) atoms. The van der Waals surface area contributed by atoms with Crippen LogP contribution in [-0.2, 0) is 4.74 Å². The highest BCUT2D eigenvalue weighted by molar-refractivity contribution is 5.67. The van der Waals surface area contributed by atoms with Gasteiger partial charge in [0.15, 0.2) is 0 Å². The first-order chi connectivity index (χ1) is 7.35. The number of amides is 1. The Morgan fingerprint density at radius 1 is 1.38 bits per heavy atom. The maximum atomic E-state index is 11.2. The Hall–Kier alpha value is -0.810. The van der Waals surface area contributed by atoms with Gasteiger partial charge in [0, 0.05) is 19.1 Å². The summed E-state index contributed by atoms with van der Waals surface area (Å²) in [6.07, 6.45) is 0.503. The van der Waals surface area contributed by atoms with E-state index in [1.807, 2.05) is 27.7 Å². The molecular weight excluding hydrogens is 206 g/mol. The van der Waals surface area contributed by atoms with Crippen molar-refractivity contribution in [2.24, 2.45) is 5.73 Å². The molecule has 5 heteroatoms. The number of carbonyl (C=O) groups is 1. The molecule has 0 aliphatic carbocycles. The molecule has 1 amide bonds. The molecule has 0 aromatic rings. The summed E-state index contributed by atoms with van der Waals surface area (Å²) in [4.78, 5) is 11.2. The first-order valence-electron chi connectivity index (χ1n) is 5.75. The van der Waals surface area contributed by atoms with Crippen molar-refractivity contribution in [2.75, 3.05) is 19.6 Å². The van der Waals surface area contributed by atoms with Crippen LogP contribution in [-0.4, -0.2) is 37.4 Å². The van der Waals surface area contributed by atoms with Crippen LogP contribution in [0.25, 0.3) is 0 Å². The third-order valence-electron chi connectivity index (χ3n) is 1.87. The summed E-state index contributed by atoms with van der Waals surface area (Å²) < 4.78 is 5.10. The second-order valence-electron chi connectivity index (χ2n) is 4.87. The van der Waals surface area contributed by atoms with Crippen molar-refractivity contribution in [3.05, 3.63) is 0 Å². The largest absolute Gasteiger partial charge is 0.444 e. The minimum Gasteiger partial charge on any atom is -0.444 e. The summed E-state index contributed by atoms with van der Waals surface area (Å²) in [5.74, 6) is 0. The van der Waals surface area contributed by atoms with E-state index in [1.54, 1.807) is 0 Å². The second-order valence-corrected chi connectivity index (χ2v) is 4.87. The number of alkyl carbamates (subject to hydrolysis) is 1. The Labute approximate surface area is 98.1 Å². The van der Waals surface area contributed by atoms with Crippen LogP contribution in [0.3, 0.4) is 0 Å². The number of rotatable bonds is 6. The molecule has 5 nitrogen and oxygen atoms in total. The van der Waals surface area contributed by atoms with Gasteiger partial charge in [-0.25, -0.2) is 4.79 Å². The van der Waals surface area contributed by atoms with Gasteiger partial charge in [0.25, 0.3) is 0 Å². The van der Waals surface area contributed by atoms with Crippen LogP contribution in [0.4, 0.5) is 4.79 Å². The van der Waals surface area contributed by atoms with Crippen molar-refractivity contribution >= 4 is 6.09 Å². The van der Waals surface area contributed by atoms with E-state index in [0.29, 0.717) is 19.1 Å². The first-order valence-corrected chi connectivity index (χ1v) is 5.75. The van der Waals surface area contributed by atoms with Crippen LogP contribution in [0.1, 0.15) is 34.1 Å². The molecule has 0 aromatic heterocycles. The van der Waals surface area contributed by atoms with Gasteiger partial charge in [-0.1, -0.05) is 0 Å². The minimum atomic E-state index is -0.434. The Balaban J connectivity index is 3.42. The van der Waals surface area contributed by atoms with Gasteiger partial charge in [0.2, 0.25) is 0 Å². The van der Waals surface area contributed by atoms with Gasteiger partial charge in [-0.2, -0.15) is 0 Å². The van der Waals surface area contributed by atoms with E-state index in [2.05, 4.69) is 10.6 Å². The van der Waals surface area contributed by atoms with Gasteiger partial charge in [0.1, 0.15) is 5.60 Å². The van der Waals surface area contributed by atoms with E-state index in [0.717, 1.165) is 13.0 Å². The summed E-state index contributed by atoms with van der Waals surface area (Å²) in [6, 6.07) is 0.321. The topological polar surface area (TPSA) is 76.4 Å². The molecule has 1 unspecified atom stereocenters. The maximum absolute atomic E-state index is 11.2. The lowest BCUT2D eigenvalue weighted by molar-refractivity contribution is 0.0527. The maximum Gasteiger partial charge on any atom is 0.407 e. The number of hydrogen-bond donors (Lipinski definition) is 3. The SMILES string of the molecule is CC(CN)NCCCNC(=O)OC(C)(C)C. The summed E-state index contributed by atoms with van der Waals surface area (Å²) in [5.41, 5.74) is 5.02. The highest BCUT2D eigenvalue weighted by Crippen LogP contribution is 2.06. The lowest BCUT2D eigenvalue weighted by Gasteiger charge is -2.19. The number of ether oxygens (including phenoxy) is 1. The summed E-state index contributed by atoms with van der Waals surface area (Å²) >= 11 is 0. The summed E-state index contributed by atoms with van der Waals surface area (Å²) in [6.45, 7) is 9.64. The zero-order chi connectivity index (χ0) is 12.6. The molecule has 0 radical (unpaired) electrons. The average molecular weight is 231 g/mol. The normalized spacial score (nSPS) is 13.3. The quantitative estimate of drug-likeness (QED) is 0.592. The molecular formula is C11H25N3O2. The van der Waals surface area contributed by atoms with Crippen molar-refractivity contribution < 1.29 is 9.53 Å². The fourth-order valence-corrected chi connectivity index (χ4v) is 1.02. The van der Waals surface area contributed by atoms with Crippen molar-refractivity contribution in [3.63, 3.8) is 0 Å². The molecule has 4 N–H and O–H groups in total. The van der Waals surface area contributed by atoms with E-state index in [-0.39, 0.29) is 6.09 Å². The summed E-state index contributed by atoms with van der Waals surface area (Å²) in [5, 5.41) is 5.94. The Kier molecular flexibility index (Phi) is 7.08. The number of carbonyl (C=O) groups excluding carboxylic acids is 1. The minimum absolute atomic E-state index is 0.321. The van der Waals surface area contributed by atoms with Crippen LogP contribution in [0.2, 0.25) is 0 Å². The number of nitrogens with two attached hydrogens (primary N) is 1. The van der Waals surface area contributed by atoms with Gasteiger partial charge >= 0.3 is 6.09 Å². The zero-order valence-electron chi connectivity index (χ0n) is 10.8. The lowest BCUT2D eigenvalue weighted by Crippen LogP contribution is -2.36. The summed E-state index contributed by atoms with van der Waals surface area (Å²) in [7, 11) is 0.